The fraction of sp³-hybridized carbons (Fsp3) is 0.304. The number of nitrogens with one attached hydrogen (secondary N) is 2. The first-order valence-corrected chi connectivity index (χ1v) is 9.93. The van der Waals surface area contributed by atoms with Crippen molar-refractivity contribution in [2.24, 2.45) is 4.99 Å². The van der Waals surface area contributed by atoms with E-state index >= 15 is 0 Å². The summed E-state index contributed by atoms with van der Waals surface area (Å²) in [6, 6.07) is 17.3. The lowest BCUT2D eigenvalue weighted by Crippen LogP contribution is -2.40. The highest BCUT2D eigenvalue weighted by atomic mass is 19.1. The summed E-state index contributed by atoms with van der Waals surface area (Å²) in [5.41, 5.74) is 3.47. The quantitative estimate of drug-likeness (QED) is 0.479. The minimum absolute atomic E-state index is 0.0173. The third-order valence-electron chi connectivity index (χ3n) is 5.46. The van der Waals surface area contributed by atoms with Crippen molar-refractivity contribution in [1.29, 1.82) is 0 Å². The zero-order valence-corrected chi connectivity index (χ0v) is 16.6. The first-order chi connectivity index (χ1) is 14.2. The topological polar surface area (TPSA) is 54.2 Å². The van der Waals surface area contributed by atoms with Crippen LogP contribution >= 0.6 is 0 Å². The van der Waals surface area contributed by atoms with Crippen molar-refractivity contribution in [3.8, 4) is 0 Å². The van der Waals surface area contributed by atoms with Crippen LogP contribution in [0.5, 0.6) is 0 Å². The highest BCUT2D eigenvalue weighted by Crippen LogP contribution is 2.47. The highest BCUT2D eigenvalue weighted by Gasteiger charge is 2.44. The Morgan fingerprint density at radius 2 is 1.93 bits per heavy atom. The van der Waals surface area contributed by atoms with E-state index in [0.29, 0.717) is 6.54 Å². The predicted molar refractivity (Wildman–Crippen MR) is 113 cm³/mol. The van der Waals surface area contributed by atoms with Crippen molar-refractivity contribution in [2.75, 3.05) is 13.6 Å². The number of benzene rings is 2. The molecule has 1 aromatic heterocycles. The highest BCUT2D eigenvalue weighted by molar-refractivity contribution is 5.79. The largest absolute Gasteiger partial charge is 0.356 e. The second kappa shape index (κ2) is 8.47. The van der Waals surface area contributed by atoms with Gasteiger partial charge < -0.3 is 10.6 Å². The van der Waals surface area contributed by atoms with Gasteiger partial charge in [0, 0.05) is 37.9 Å². The molecule has 6 heteroatoms. The number of rotatable bonds is 7. The van der Waals surface area contributed by atoms with E-state index < -0.39 is 0 Å². The van der Waals surface area contributed by atoms with Gasteiger partial charge in [-0.25, -0.2) is 4.39 Å². The lowest BCUT2D eigenvalue weighted by Gasteiger charge is -2.19. The summed E-state index contributed by atoms with van der Waals surface area (Å²) in [6.45, 7) is 2.18. The number of aromatic nitrogens is 2. The van der Waals surface area contributed by atoms with Crippen LogP contribution in [0.3, 0.4) is 0 Å². The monoisotopic (exact) mass is 391 g/mol. The van der Waals surface area contributed by atoms with Gasteiger partial charge in [0.2, 0.25) is 0 Å². The van der Waals surface area contributed by atoms with Crippen LogP contribution < -0.4 is 10.6 Å². The van der Waals surface area contributed by atoms with Gasteiger partial charge >= 0.3 is 0 Å². The maximum atomic E-state index is 13.6. The number of hydrogen-bond acceptors (Lipinski definition) is 2. The second-order valence-corrected chi connectivity index (χ2v) is 7.59. The number of guanidine groups is 1. The Morgan fingerprint density at radius 1 is 1.10 bits per heavy atom. The molecule has 4 rings (SSSR count). The molecule has 0 bridgehead atoms. The van der Waals surface area contributed by atoms with E-state index in [9.17, 15) is 4.39 Å². The van der Waals surface area contributed by atoms with Crippen LogP contribution in [-0.4, -0.2) is 29.3 Å². The summed E-state index contributed by atoms with van der Waals surface area (Å²) in [7, 11) is 1.77. The van der Waals surface area contributed by atoms with Gasteiger partial charge in [-0.2, -0.15) is 5.10 Å². The Kier molecular flexibility index (Phi) is 5.60. The molecule has 5 nitrogen and oxygen atoms in total. The van der Waals surface area contributed by atoms with Crippen LogP contribution in [0.2, 0.25) is 0 Å². The van der Waals surface area contributed by atoms with Crippen LogP contribution in [0.15, 0.2) is 72.0 Å². The zero-order valence-electron chi connectivity index (χ0n) is 16.6. The second-order valence-electron chi connectivity index (χ2n) is 7.59. The van der Waals surface area contributed by atoms with E-state index in [2.05, 4.69) is 45.0 Å². The summed E-state index contributed by atoms with van der Waals surface area (Å²) >= 11 is 0. The third kappa shape index (κ3) is 4.83. The van der Waals surface area contributed by atoms with Crippen LogP contribution in [0.25, 0.3) is 0 Å². The maximum absolute atomic E-state index is 13.6. The normalized spacial score (nSPS) is 15.2. The molecule has 150 valence electrons. The predicted octanol–water partition coefficient (Wildman–Crippen LogP) is 3.47. The molecule has 1 saturated carbocycles. The van der Waals surface area contributed by atoms with Crippen molar-refractivity contribution in [3.63, 3.8) is 0 Å². The average molecular weight is 391 g/mol. The summed E-state index contributed by atoms with van der Waals surface area (Å²) in [5, 5.41) is 11.1. The van der Waals surface area contributed by atoms with E-state index in [1.807, 2.05) is 23.0 Å². The van der Waals surface area contributed by atoms with Gasteiger partial charge in [-0.15, -0.1) is 0 Å². The van der Waals surface area contributed by atoms with Crippen LogP contribution in [-0.2, 0) is 18.5 Å². The van der Waals surface area contributed by atoms with Gasteiger partial charge in [-0.05, 0) is 47.7 Å². The van der Waals surface area contributed by atoms with Gasteiger partial charge in [0.05, 0.1) is 6.54 Å². The Hall–Kier alpha value is -3.15. The molecule has 0 atom stereocenters. The lowest BCUT2D eigenvalue weighted by molar-refractivity contribution is 0.607. The summed E-state index contributed by atoms with van der Waals surface area (Å²) in [6.07, 6.45) is 5.88. The van der Waals surface area contributed by atoms with Crippen molar-refractivity contribution >= 4 is 5.96 Å². The molecule has 1 aliphatic carbocycles. The van der Waals surface area contributed by atoms with Gasteiger partial charge in [-0.1, -0.05) is 36.4 Å². The van der Waals surface area contributed by atoms with Crippen LogP contribution in [0, 0.1) is 5.82 Å². The molecule has 0 spiro atoms. The molecule has 1 aliphatic rings. The van der Waals surface area contributed by atoms with Crippen LogP contribution in [0.1, 0.15) is 29.5 Å². The number of halogens is 1. The fourth-order valence-electron chi connectivity index (χ4n) is 3.62. The van der Waals surface area contributed by atoms with Crippen molar-refractivity contribution < 1.29 is 4.39 Å². The third-order valence-corrected chi connectivity index (χ3v) is 5.46. The molecule has 1 heterocycles. The van der Waals surface area contributed by atoms with Crippen molar-refractivity contribution in [2.45, 2.75) is 31.3 Å². The van der Waals surface area contributed by atoms with E-state index in [1.165, 1.54) is 17.2 Å². The number of hydrogen-bond donors (Lipinski definition) is 2. The van der Waals surface area contributed by atoms with Crippen molar-refractivity contribution in [1.82, 2.24) is 20.4 Å². The Bertz CT molecular complexity index is 976. The van der Waals surface area contributed by atoms with Crippen LogP contribution in [0.4, 0.5) is 4.39 Å². The lowest BCUT2D eigenvalue weighted by atomic mass is 9.96. The first kappa shape index (κ1) is 19.2. The number of aliphatic imine (C=N–C) groups is 1. The standard InChI is InChI=1S/C23H26FN5/c1-25-22(27-17-23(9-10-23)20-7-3-8-21(24)14-20)26-15-18-5-2-6-19(13-18)16-29-12-4-11-28-29/h2-8,11-14H,9-10,15-17H2,1H3,(H2,25,26,27). The minimum Gasteiger partial charge on any atom is -0.356 e. The van der Waals surface area contributed by atoms with E-state index in [0.717, 1.165) is 37.5 Å². The van der Waals surface area contributed by atoms with Gasteiger partial charge in [0.25, 0.3) is 0 Å². The number of nitrogens with zero attached hydrogens (tertiary/aromatic N) is 3. The Balaban J connectivity index is 1.32. The molecule has 1 fully saturated rings. The molecule has 0 saturated heterocycles. The molecule has 2 aromatic carbocycles. The van der Waals surface area contributed by atoms with E-state index in [4.69, 9.17) is 0 Å². The Morgan fingerprint density at radius 3 is 2.66 bits per heavy atom. The molecule has 3 aromatic rings. The molecular formula is C23H26FN5. The summed E-state index contributed by atoms with van der Waals surface area (Å²) in [4.78, 5) is 4.33. The molecule has 0 unspecified atom stereocenters. The minimum atomic E-state index is -0.175. The zero-order chi connectivity index (χ0) is 20.1. The maximum Gasteiger partial charge on any atom is 0.191 e. The smallest absolute Gasteiger partial charge is 0.191 e. The fourth-order valence-corrected chi connectivity index (χ4v) is 3.62. The van der Waals surface area contributed by atoms with E-state index in [-0.39, 0.29) is 11.2 Å². The Labute approximate surface area is 170 Å². The first-order valence-electron chi connectivity index (χ1n) is 9.93. The molecule has 0 amide bonds. The summed E-state index contributed by atoms with van der Waals surface area (Å²) in [5.74, 6) is 0.580. The molecule has 0 radical (unpaired) electrons. The van der Waals surface area contributed by atoms with Gasteiger partial charge in [0.15, 0.2) is 5.96 Å². The molecule has 29 heavy (non-hydrogen) atoms. The van der Waals surface area contributed by atoms with Gasteiger partial charge in [0.1, 0.15) is 5.82 Å². The molecular weight excluding hydrogens is 365 g/mol. The molecule has 2 N–H and O–H groups in total. The van der Waals surface area contributed by atoms with E-state index in [1.54, 1.807) is 25.4 Å². The van der Waals surface area contributed by atoms with Crippen molar-refractivity contribution in [3.05, 3.63) is 89.5 Å². The SMILES string of the molecule is CN=C(NCc1cccc(Cn2cccn2)c1)NCC1(c2cccc(F)c2)CC1. The molecule has 0 aliphatic heterocycles. The van der Waals surface area contributed by atoms with Gasteiger partial charge in [-0.3, -0.25) is 9.67 Å². The average Bonchev–Trinajstić information content (AvgIpc) is 3.36. The summed E-state index contributed by atoms with van der Waals surface area (Å²) < 4.78 is 15.5.